The molecule has 0 heterocycles. The molecule has 0 unspecified atom stereocenters. The molecule has 2 rings (SSSR count). The summed E-state index contributed by atoms with van der Waals surface area (Å²) in [5.41, 5.74) is 2.94. The van der Waals surface area contributed by atoms with Crippen molar-refractivity contribution in [3.63, 3.8) is 0 Å². The summed E-state index contributed by atoms with van der Waals surface area (Å²) in [4.78, 5) is 23.2. The third-order valence-electron chi connectivity index (χ3n) is 4.10. The number of hydrogen-bond acceptors (Lipinski definition) is 3. The maximum Gasteiger partial charge on any atom is 0.220 e. The standard InChI is InChI=1S/C22H27NO3/c1-3-6-18-7-4-8-21(15-18)26-14-5-9-22(25)23-16-19-10-12-20(13-11-19)17(2)24/h4,7-8,10-13,15H,3,5-6,9,14,16H2,1-2H3,(H,23,25). The average Bonchev–Trinajstić information content (AvgIpc) is 2.64. The number of carbonyl (C=O) groups is 2. The summed E-state index contributed by atoms with van der Waals surface area (Å²) in [7, 11) is 0. The topological polar surface area (TPSA) is 55.4 Å². The van der Waals surface area contributed by atoms with Crippen LogP contribution >= 0.6 is 0 Å². The summed E-state index contributed by atoms with van der Waals surface area (Å²) >= 11 is 0. The number of amides is 1. The second-order valence-electron chi connectivity index (χ2n) is 6.38. The summed E-state index contributed by atoms with van der Waals surface area (Å²) in [5, 5.41) is 2.89. The first-order chi connectivity index (χ1) is 12.6. The van der Waals surface area contributed by atoms with E-state index in [0.717, 1.165) is 24.2 Å². The number of Topliss-reactive ketones (excluding diaryl/α,β-unsaturated/α-hetero) is 1. The van der Waals surface area contributed by atoms with Crippen LogP contribution in [0.3, 0.4) is 0 Å². The van der Waals surface area contributed by atoms with Gasteiger partial charge in [0.15, 0.2) is 5.78 Å². The van der Waals surface area contributed by atoms with Gasteiger partial charge >= 0.3 is 0 Å². The van der Waals surface area contributed by atoms with Gasteiger partial charge in [0.1, 0.15) is 5.75 Å². The van der Waals surface area contributed by atoms with E-state index in [1.165, 1.54) is 5.56 Å². The molecule has 2 aromatic rings. The first-order valence-corrected chi connectivity index (χ1v) is 9.17. The smallest absolute Gasteiger partial charge is 0.220 e. The Morgan fingerprint density at radius 2 is 1.81 bits per heavy atom. The molecule has 0 saturated heterocycles. The molecule has 0 spiro atoms. The first-order valence-electron chi connectivity index (χ1n) is 9.17. The Kier molecular flexibility index (Phi) is 7.87. The van der Waals surface area contributed by atoms with Gasteiger partial charge in [-0.15, -0.1) is 0 Å². The zero-order chi connectivity index (χ0) is 18.8. The fourth-order valence-electron chi connectivity index (χ4n) is 2.65. The van der Waals surface area contributed by atoms with Crippen LogP contribution in [0.1, 0.15) is 54.6 Å². The van der Waals surface area contributed by atoms with E-state index in [-0.39, 0.29) is 11.7 Å². The predicted octanol–water partition coefficient (Wildman–Crippen LogP) is 4.32. The lowest BCUT2D eigenvalue weighted by atomic mass is 10.1. The molecule has 26 heavy (non-hydrogen) atoms. The van der Waals surface area contributed by atoms with E-state index in [2.05, 4.69) is 24.4 Å². The number of aryl methyl sites for hydroxylation is 1. The monoisotopic (exact) mass is 353 g/mol. The summed E-state index contributed by atoms with van der Waals surface area (Å²) in [6.07, 6.45) is 3.27. The molecule has 0 radical (unpaired) electrons. The van der Waals surface area contributed by atoms with Crippen LogP contribution in [0.25, 0.3) is 0 Å². The Balaban J connectivity index is 1.65. The minimum absolute atomic E-state index is 0.00368. The molecule has 0 aliphatic carbocycles. The van der Waals surface area contributed by atoms with Gasteiger partial charge in [0.25, 0.3) is 0 Å². The largest absolute Gasteiger partial charge is 0.494 e. The highest BCUT2D eigenvalue weighted by atomic mass is 16.5. The van der Waals surface area contributed by atoms with Crippen LogP contribution in [-0.4, -0.2) is 18.3 Å². The fraction of sp³-hybridized carbons (Fsp3) is 0.364. The Hall–Kier alpha value is -2.62. The van der Waals surface area contributed by atoms with E-state index in [9.17, 15) is 9.59 Å². The number of rotatable bonds is 10. The molecule has 0 aromatic heterocycles. The summed E-state index contributed by atoms with van der Waals surface area (Å²) in [6, 6.07) is 15.4. The average molecular weight is 353 g/mol. The molecule has 0 atom stereocenters. The Morgan fingerprint density at radius 3 is 2.50 bits per heavy atom. The summed E-state index contributed by atoms with van der Waals surface area (Å²) < 4.78 is 5.73. The molecule has 0 aliphatic heterocycles. The molecule has 0 bridgehead atoms. The van der Waals surface area contributed by atoms with Crippen LogP contribution in [0.4, 0.5) is 0 Å². The van der Waals surface area contributed by atoms with Crippen LogP contribution < -0.4 is 10.1 Å². The summed E-state index contributed by atoms with van der Waals surface area (Å²) in [6.45, 7) is 4.69. The van der Waals surface area contributed by atoms with Gasteiger partial charge in [-0.05, 0) is 43.0 Å². The van der Waals surface area contributed by atoms with Crippen molar-refractivity contribution in [3.8, 4) is 5.75 Å². The zero-order valence-corrected chi connectivity index (χ0v) is 15.6. The lowest BCUT2D eigenvalue weighted by molar-refractivity contribution is -0.121. The van der Waals surface area contributed by atoms with Crippen LogP contribution in [0.2, 0.25) is 0 Å². The first kappa shape index (κ1) is 19.7. The van der Waals surface area contributed by atoms with Gasteiger partial charge in [-0.3, -0.25) is 9.59 Å². The molecule has 1 amide bonds. The maximum absolute atomic E-state index is 11.9. The third-order valence-corrected chi connectivity index (χ3v) is 4.10. The fourth-order valence-corrected chi connectivity index (χ4v) is 2.65. The highest BCUT2D eigenvalue weighted by molar-refractivity contribution is 5.94. The minimum Gasteiger partial charge on any atom is -0.494 e. The third kappa shape index (κ3) is 6.71. The highest BCUT2D eigenvalue weighted by Crippen LogP contribution is 2.15. The van der Waals surface area contributed by atoms with Gasteiger partial charge < -0.3 is 10.1 Å². The van der Waals surface area contributed by atoms with Crippen molar-refractivity contribution >= 4 is 11.7 Å². The van der Waals surface area contributed by atoms with Gasteiger partial charge in [0, 0.05) is 18.5 Å². The van der Waals surface area contributed by atoms with Crippen LogP contribution in [0, 0.1) is 0 Å². The van der Waals surface area contributed by atoms with Crippen molar-refractivity contribution in [1.82, 2.24) is 5.32 Å². The molecule has 0 fully saturated rings. The number of ether oxygens (including phenoxy) is 1. The van der Waals surface area contributed by atoms with Crippen molar-refractivity contribution in [2.24, 2.45) is 0 Å². The predicted molar refractivity (Wildman–Crippen MR) is 103 cm³/mol. The molecule has 4 nitrogen and oxygen atoms in total. The number of carbonyl (C=O) groups excluding carboxylic acids is 2. The minimum atomic E-state index is 0.00368. The van der Waals surface area contributed by atoms with E-state index < -0.39 is 0 Å². The molecular formula is C22H27NO3. The number of hydrogen-bond donors (Lipinski definition) is 1. The second kappa shape index (κ2) is 10.4. The van der Waals surface area contributed by atoms with Crippen molar-refractivity contribution in [3.05, 3.63) is 65.2 Å². The van der Waals surface area contributed by atoms with Gasteiger partial charge in [-0.2, -0.15) is 0 Å². The quantitative estimate of drug-likeness (QED) is 0.511. The van der Waals surface area contributed by atoms with Gasteiger partial charge in [-0.25, -0.2) is 0 Å². The van der Waals surface area contributed by atoms with Gasteiger partial charge in [-0.1, -0.05) is 49.7 Å². The zero-order valence-electron chi connectivity index (χ0n) is 15.6. The normalized spacial score (nSPS) is 10.4. The molecule has 2 aromatic carbocycles. The van der Waals surface area contributed by atoms with Crippen LogP contribution in [0.15, 0.2) is 48.5 Å². The van der Waals surface area contributed by atoms with E-state index >= 15 is 0 Å². The lowest BCUT2D eigenvalue weighted by Gasteiger charge is -2.08. The number of benzene rings is 2. The highest BCUT2D eigenvalue weighted by Gasteiger charge is 2.04. The van der Waals surface area contributed by atoms with E-state index in [1.807, 2.05) is 24.3 Å². The van der Waals surface area contributed by atoms with E-state index in [4.69, 9.17) is 4.74 Å². The van der Waals surface area contributed by atoms with Gasteiger partial charge in [0.2, 0.25) is 5.91 Å². The maximum atomic E-state index is 11.9. The van der Waals surface area contributed by atoms with Gasteiger partial charge in [0.05, 0.1) is 6.61 Å². The second-order valence-corrected chi connectivity index (χ2v) is 6.38. The van der Waals surface area contributed by atoms with Crippen LogP contribution in [0.5, 0.6) is 5.75 Å². The van der Waals surface area contributed by atoms with Crippen LogP contribution in [-0.2, 0) is 17.8 Å². The number of ketones is 1. The number of nitrogens with one attached hydrogen (secondary N) is 1. The van der Waals surface area contributed by atoms with Crippen molar-refractivity contribution in [1.29, 1.82) is 0 Å². The van der Waals surface area contributed by atoms with Crippen molar-refractivity contribution in [2.45, 2.75) is 46.1 Å². The van der Waals surface area contributed by atoms with E-state index in [0.29, 0.717) is 31.6 Å². The van der Waals surface area contributed by atoms with Crippen molar-refractivity contribution in [2.75, 3.05) is 6.61 Å². The molecule has 138 valence electrons. The van der Waals surface area contributed by atoms with E-state index in [1.54, 1.807) is 19.1 Å². The lowest BCUT2D eigenvalue weighted by Crippen LogP contribution is -2.23. The molecule has 1 N–H and O–H groups in total. The SMILES string of the molecule is CCCc1cccc(OCCCC(=O)NCc2ccc(C(C)=O)cc2)c1. The Labute approximate surface area is 155 Å². The molecule has 0 saturated carbocycles. The molecule has 0 aliphatic rings. The molecule has 4 heteroatoms. The Bertz CT molecular complexity index is 722. The summed E-state index contributed by atoms with van der Waals surface area (Å²) in [5.74, 6) is 0.909. The van der Waals surface area contributed by atoms with Crippen molar-refractivity contribution < 1.29 is 14.3 Å². The molecular weight excluding hydrogens is 326 g/mol. The Morgan fingerprint density at radius 1 is 1.04 bits per heavy atom.